The van der Waals surface area contributed by atoms with Crippen LogP contribution in [0.4, 0.5) is 14.5 Å². The van der Waals surface area contributed by atoms with Crippen molar-refractivity contribution < 1.29 is 18.4 Å². The summed E-state index contributed by atoms with van der Waals surface area (Å²) >= 11 is 6.02. The summed E-state index contributed by atoms with van der Waals surface area (Å²) in [6.07, 6.45) is 9.16. The molecule has 1 saturated heterocycles. The third-order valence-corrected chi connectivity index (χ3v) is 8.39. The van der Waals surface area contributed by atoms with Crippen molar-refractivity contribution >= 4 is 40.8 Å². The van der Waals surface area contributed by atoms with Crippen molar-refractivity contribution in [2.75, 3.05) is 51.6 Å². The van der Waals surface area contributed by atoms with E-state index >= 15 is 0 Å². The summed E-state index contributed by atoms with van der Waals surface area (Å²) in [5, 5.41) is 3.12. The molecule has 1 aliphatic heterocycles. The molecule has 2 amide bonds. The number of benzene rings is 2. The van der Waals surface area contributed by atoms with Crippen molar-refractivity contribution in [3.05, 3.63) is 76.0 Å². The summed E-state index contributed by atoms with van der Waals surface area (Å²) in [7, 11) is 2.08. The van der Waals surface area contributed by atoms with E-state index in [1.807, 2.05) is 27.7 Å². The van der Waals surface area contributed by atoms with Crippen LogP contribution in [0.5, 0.6) is 0 Å². The number of unbranched alkanes of at least 4 members (excludes halogenated alkanes) is 3. The second-order valence-electron chi connectivity index (χ2n) is 11.6. The molecule has 0 aliphatic carbocycles. The zero-order valence-corrected chi connectivity index (χ0v) is 30.7. The fraction of sp³-hybridized carbons (Fsp3) is 0.526. The van der Waals surface area contributed by atoms with Gasteiger partial charge in [-0.05, 0) is 87.7 Å². The molecule has 3 rings (SSSR count). The van der Waals surface area contributed by atoms with Gasteiger partial charge in [0.2, 0.25) is 12.3 Å². The Morgan fingerprint density at radius 2 is 1.60 bits per heavy atom. The quantitative estimate of drug-likeness (QED) is 0.123. The second-order valence-corrected chi connectivity index (χ2v) is 12.1. The fourth-order valence-electron chi connectivity index (χ4n) is 5.04. The first-order valence-electron chi connectivity index (χ1n) is 17.0. The first-order chi connectivity index (χ1) is 22.5. The zero-order valence-electron chi connectivity index (χ0n) is 29.9. The Morgan fingerprint density at radius 3 is 2.21 bits per heavy atom. The summed E-state index contributed by atoms with van der Waals surface area (Å²) in [6.45, 7) is 19.2. The van der Waals surface area contributed by atoms with Gasteiger partial charge in [0.15, 0.2) is 0 Å². The zero-order chi connectivity index (χ0) is 35.4. The van der Waals surface area contributed by atoms with Crippen LogP contribution < -0.4 is 5.32 Å². The van der Waals surface area contributed by atoms with Crippen molar-refractivity contribution in [3.8, 4) is 0 Å². The maximum atomic E-state index is 14.3. The van der Waals surface area contributed by atoms with Crippen LogP contribution in [0, 0.1) is 11.6 Å². The summed E-state index contributed by atoms with van der Waals surface area (Å²) < 4.78 is 28.6. The van der Waals surface area contributed by atoms with Crippen molar-refractivity contribution in [3.63, 3.8) is 0 Å². The number of nitrogens with one attached hydrogen (secondary N) is 1. The van der Waals surface area contributed by atoms with Crippen molar-refractivity contribution in [1.29, 1.82) is 0 Å². The summed E-state index contributed by atoms with van der Waals surface area (Å²) in [6, 6.07) is 8.92. The minimum atomic E-state index is -0.504. The van der Waals surface area contributed by atoms with E-state index < -0.39 is 5.82 Å². The van der Waals surface area contributed by atoms with Gasteiger partial charge in [-0.2, -0.15) is 0 Å². The standard InChI is InChI=1S/C24H28ClF2N3O.C12H23NO.C2H6/c1-16(17(2)20-15-19(25)5-7-21(20)26)18-4-6-22(27)23(14-18)28-24(31)8-9-30-12-10-29(3)11-13-30;1-4-6-7-8-10-13(11-14)12(3)9-5-2;1-2/h4-7,14-15H,8-13H2,1-3H3,(H,28,31);9,11H,4-8,10H2,1-3H3;1-2H3/b17-16-;12-9+;. The number of allylic oxidation sites excluding steroid dienone is 4. The number of anilines is 1. The minimum absolute atomic E-state index is 0.125. The fourth-order valence-corrected chi connectivity index (χ4v) is 5.21. The highest BCUT2D eigenvalue weighted by atomic mass is 35.5. The van der Waals surface area contributed by atoms with Gasteiger partial charge in [-0.25, -0.2) is 8.78 Å². The first kappa shape index (κ1) is 42.0. The monoisotopic (exact) mass is 674 g/mol. The van der Waals surface area contributed by atoms with E-state index in [1.54, 1.807) is 30.0 Å². The van der Waals surface area contributed by atoms with Gasteiger partial charge in [-0.15, -0.1) is 0 Å². The van der Waals surface area contributed by atoms with Gasteiger partial charge in [0.25, 0.3) is 0 Å². The molecule has 0 spiro atoms. The van der Waals surface area contributed by atoms with Crippen molar-refractivity contribution in [2.24, 2.45) is 0 Å². The third kappa shape index (κ3) is 15.1. The number of carbonyl (C=O) groups is 2. The minimum Gasteiger partial charge on any atom is -0.324 e. The van der Waals surface area contributed by atoms with E-state index in [4.69, 9.17) is 11.6 Å². The van der Waals surface area contributed by atoms with Gasteiger partial charge >= 0.3 is 0 Å². The molecule has 6 nitrogen and oxygen atoms in total. The number of carbonyl (C=O) groups excluding carboxylic acids is 2. The van der Waals surface area contributed by atoms with Gasteiger partial charge in [0, 0.05) is 62.0 Å². The predicted molar refractivity (Wildman–Crippen MR) is 195 cm³/mol. The molecule has 0 radical (unpaired) electrons. The second kappa shape index (κ2) is 23.3. The van der Waals surface area contributed by atoms with Crippen LogP contribution >= 0.6 is 11.6 Å². The van der Waals surface area contributed by atoms with Crippen LogP contribution in [0.25, 0.3) is 11.1 Å². The van der Waals surface area contributed by atoms with Crippen LogP contribution in [-0.4, -0.2) is 73.3 Å². The van der Waals surface area contributed by atoms with Crippen LogP contribution in [0.3, 0.4) is 0 Å². The van der Waals surface area contributed by atoms with Gasteiger partial charge in [0.1, 0.15) is 11.6 Å². The van der Waals surface area contributed by atoms with E-state index in [1.165, 1.54) is 37.5 Å². The van der Waals surface area contributed by atoms with Gasteiger partial charge in [-0.1, -0.05) is 70.7 Å². The van der Waals surface area contributed by atoms with Crippen molar-refractivity contribution in [2.45, 2.75) is 87.0 Å². The van der Waals surface area contributed by atoms with E-state index in [0.717, 1.165) is 63.2 Å². The molecular formula is C38H57ClF2N4O2. The Balaban J connectivity index is 0.000000582. The Morgan fingerprint density at radius 1 is 0.936 bits per heavy atom. The third-order valence-electron chi connectivity index (χ3n) is 8.15. The molecule has 0 bridgehead atoms. The molecule has 0 aromatic heterocycles. The Kier molecular flexibility index (Phi) is 20.8. The molecule has 0 saturated carbocycles. The Bertz CT molecular complexity index is 1310. The highest BCUT2D eigenvalue weighted by Gasteiger charge is 2.16. The molecule has 0 unspecified atom stereocenters. The van der Waals surface area contributed by atoms with Crippen LogP contribution in [0.1, 0.15) is 98.1 Å². The molecule has 1 aliphatic rings. The topological polar surface area (TPSA) is 55.9 Å². The number of rotatable bonds is 14. The number of hydrogen-bond acceptors (Lipinski definition) is 4. The molecule has 1 fully saturated rings. The largest absolute Gasteiger partial charge is 0.324 e. The predicted octanol–water partition coefficient (Wildman–Crippen LogP) is 9.51. The molecule has 2 aromatic rings. The van der Waals surface area contributed by atoms with Gasteiger partial charge < -0.3 is 20.0 Å². The van der Waals surface area contributed by atoms with E-state index in [2.05, 4.69) is 42.1 Å². The van der Waals surface area contributed by atoms with E-state index in [9.17, 15) is 18.4 Å². The number of piperazine rings is 1. The molecule has 47 heavy (non-hydrogen) atoms. The lowest BCUT2D eigenvalue weighted by Crippen LogP contribution is -2.45. The SMILES string of the molecule is C/C(=C(\C)c1cc(Cl)ccc1F)c1ccc(F)c(NC(=O)CCN2CCN(C)CC2)c1.CC.CC/C=C(\C)N(C=O)CCCCCC. The lowest BCUT2D eigenvalue weighted by atomic mass is 9.96. The molecule has 2 aromatic carbocycles. The number of nitrogens with zero attached hydrogens (tertiary/aromatic N) is 3. The number of hydrogen-bond donors (Lipinski definition) is 1. The lowest BCUT2D eigenvalue weighted by molar-refractivity contribution is -0.117. The number of amides is 2. The highest BCUT2D eigenvalue weighted by molar-refractivity contribution is 6.30. The normalized spacial score (nSPS) is 14.2. The molecule has 9 heteroatoms. The number of likely N-dealkylation sites (N-methyl/N-ethyl adjacent to an activating group) is 1. The van der Waals surface area contributed by atoms with Crippen LogP contribution in [-0.2, 0) is 9.59 Å². The average Bonchev–Trinajstić information content (AvgIpc) is 3.07. The van der Waals surface area contributed by atoms with E-state index in [-0.39, 0.29) is 17.4 Å². The average molecular weight is 675 g/mol. The Hall–Kier alpha value is -3.07. The first-order valence-corrected chi connectivity index (χ1v) is 17.4. The molecule has 1 N–H and O–H groups in total. The molecular weight excluding hydrogens is 618 g/mol. The maximum absolute atomic E-state index is 14.3. The van der Waals surface area contributed by atoms with E-state index in [0.29, 0.717) is 34.7 Å². The van der Waals surface area contributed by atoms with Crippen molar-refractivity contribution in [1.82, 2.24) is 14.7 Å². The smallest absolute Gasteiger partial charge is 0.225 e. The lowest BCUT2D eigenvalue weighted by Gasteiger charge is -2.32. The summed E-state index contributed by atoms with van der Waals surface area (Å²) in [5.74, 6) is -1.11. The van der Waals surface area contributed by atoms with Gasteiger partial charge in [-0.3, -0.25) is 9.59 Å². The summed E-state index contributed by atoms with van der Waals surface area (Å²) in [4.78, 5) is 29.5. The number of halogens is 3. The molecule has 1 heterocycles. The summed E-state index contributed by atoms with van der Waals surface area (Å²) in [5.41, 5.74) is 3.77. The molecule has 0 atom stereocenters. The highest BCUT2D eigenvalue weighted by Crippen LogP contribution is 2.31. The Labute approximate surface area is 287 Å². The maximum Gasteiger partial charge on any atom is 0.225 e. The van der Waals surface area contributed by atoms with Crippen LogP contribution in [0.2, 0.25) is 5.02 Å². The van der Waals surface area contributed by atoms with Gasteiger partial charge in [0.05, 0.1) is 5.69 Å². The molecule has 262 valence electrons. The van der Waals surface area contributed by atoms with Crippen LogP contribution in [0.15, 0.2) is 48.2 Å².